The molecule has 2 fully saturated rings. The minimum atomic E-state index is -1.07. The van der Waals surface area contributed by atoms with E-state index >= 15 is 0 Å². The number of hydrogen-bond acceptors (Lipinski definition) is 10. The molecule has 0 unspecified atom stereocenters. The van der Waals surface area contributed by atoms with E-state index in [1.807, 2.05) is 78.9 Å². The van der Waals surface area contributed by atoms with Crippen molar-refractivity contribution in [3.63, 3.8) is 0 Å². The number of anilines is 1. The van der Waals surface area contributed by atoms with Crippen molar-refractivity contribution >= 4 is 17.0 Å². The van der Waals surface area contributed by atoms with Crippen LogP contribution in [0, 0.1) is 0 Å². The van der Waals surface area contributed by atoms with E-state index in [0.717, 1.165) is 28.2 Å². The first kappa shape index (κ1) is 27.3. The van der Waals surface area contributed by atoms with Gasteiger partial charge in [-0.3, -0.25) is 4.57 Å². The molecule has 3 N–H and O–H groups in total. The minimum Gasteiger partial charge on any atom is -0.497 e. The number of aromatic nitrogens is 4. The number of ether oxygens (including phenoxy) is 5. The van der Waals surface area contributed by atoms with Crippen LogP contribution >= 0.6 is 0 Å². The zero-order valence-corrected chi connectivity index (χ0v) is 23.7. The highest BCUT2D eigenvalue weighted by Crippen LogP contribution is 2.48. The van der Waals surface area contributed by atoms with Crippen molar-refractivity contribution in [1.82, 2.24) is 19.5 Å². The van der Waals surface area contributed by atoms with Gasteiger partial charge in [0.05, 0.1) is 33.8 Å². The molecule has 3 aromatic carbocycles. The molecule has 11 heteroatoms. The Morgan fingerprint density at radius 2 is 1.53 bits per heavy atom. The fourth-order valence-electron chi connectivity index (χ4n) is 6.12. The molecule has 0 aliphatic carbocycles. The fourth-order valence-corrected chi connectivity index (χ4v) is 6.12. The largest absolute Gasteiger partial charge is 0.497 e. The van der Waals surface area contributed by atoms with Gasteiger partial charge in [0.1, 0.15) is 47.3 Å². The van der Waals surface area contributed by atoms with Crippen LogP contribution < -0.4 is 15.2 Å². The third-order valence-electron chi connectivity index (χ3n) is 8.37. The van der Waals surface area contributed by atoms with Crippen molar-refractivity contribution < 1.29 is 28.8 Å². The Hall–Kier alpha value is -4.55. The fraction of sp³-hybridized carbons (Fsp3) is 0.281. The van der Waals surface area contributed by atoms with E-state index in [0.29, 0.717) is 11.2 Å². The number of aliphatic hydroxyl groups is 1. The lowest BCUT2D eigenvalue weighted by Crippen LogP contribution is -2.59. The summed E-state index contributed by atoms with van der Waals surface area (Å²) in [5.41, 5.74) is 7.56. The molecule has 5 aromatic rings. The number of rotatable bonds is 9. The van der Waals surface area contributed by atoms with Crippen LogP contribution in [0.25, 0.3) is 11.2 Å². The van der Waals surface area contributed by atoms with E-state index in [1.165, 1.54) is 6.33 Å². The summed E-state index contributed by atoms with van der Waals surface area (Å²) in [6.45, 7) is 0.251. The van der Waals surface area contributed by atoms with Gasteiger partial charge in [0, 0.05) is 0 Å². The lowest BCUT2D eigenvalue weighted by atomic mass is 9.80. The normalized spacial score (nSPS) is 23.1. The number of nitrogen functional groups attached to an aromatic ring is 1. The lowest BCUT2D eigenvalue weighted by Gasteiger charge is -2.44. The molecule has 2 aliphatic rings. The predicted octanol–water partition coefficient (Wildman–Crippen LogP) is 3.25. The van der Waals surface area contributed by atoms with Gasteiger partial charge in [-0.1, -0.05) is 54.6 Å². The maximum Gasteiger partial charge on any atom is 0.200 e. The van der Waals surface area contributed by atoms with Crippen LogP contribution in [-0.2, 0) is 25.5 Å². The number of aliphatic hydroxyl groups excluding tert-OH is 1. The zero-order valence-electron chi connectivity index (χ0n) is 23.7. The van der Waals surface area contributed by atoms with Crippen LogP contribution in [0.3, 0.4) is 0 Å². The molecule has 2 saturated heterocycles. The Kier molecular flexibility index (Phi) is 6.74. The molecule has 0 amide bonds. The van der Waals surface area contributed by atoms with E-state index in [9.17, 15) is 5.11 Å². The second-order valence-corrected chi connectivity index (χ2v) is 10.6. The van der Waals surface area contributed by atoms with E-state index in [1.54, 1.807) is 25.1 Å². The van der Waals surface area contributed by atoms with Gasteiger partial charge < -0.3 is 34.5 Å². The summed E-state index contributed by atoms with van der Waals surface area (Å²) in [5, 5.41) is 11.5. The highest BCUT2D eigenvalue weighted by atomic mass is 16.7. The van der Waals surface area contributed by atoms with Crippen LogP contribution in [0.1, 0.15) is 16.7 Å². The van der Waals surface area contributed by atoms with Crippen LogP contribution in [-0.4, -0.2) is 70.4 Å². The molecule has 2 aliphatic heterocycles. The standard InChI is InChI=1S/C32H31N5O6/c1-39-23-12-8-21(9-13-23)32(20-6-4-3-5-7-20,22-10-14-24(40-2)15-11-22)42-16-25-27(38)28-31(43-25,17-41-28)37-19-36-26-29(33)34-18-35-30(26)37/h3-15,18-19,25,27-28,38H,16-17H2,1-2H3,(H2,33,34,35)/t25-,27-,28-,31-/m1/s1. The van der Waals surface area contributed by atoms with Gasteiger partial charge in [0.25, 0.3) is 0 Å². The Morgan fingerprint density at radius 3 is 2.12 bits per heavy atom. The highest BCUT2D eigenvalue weighted by molar-refractivity contribution is 5.81. The molecule has 220 valence electrons. The molecule has 4 heterocycles. The number of methoxy groups -OCH3 is 2. The predicted molar refractivity (Wildman–Crippen MR) is 157 cm³/mol. The number of hydrogen-bond donors (Lipinski definition) is 2. The number of benzene rings is 3. The first-order valence-electron chi connectivity index (χ1n) is 13.9. The third-order valence-corrected chi connectivity index (χ3v) is 8.37. The molecular weight excluding hydrogens is 550 g/mol. The molecule has 0 spiro atoms. The monoisotopic (exact) mass is 581 g/mol. The summed E-state index contributed by atoms with van der Waals surface area (Å²) in [6, 6.07) is 25.5. The molecule has 7 rings (SSSR count). The quantitative estimate of drug-likeness (QED) is 0.250. The summed E-state index contributed by atoms with van der Waals surface area (Å²) in [4.78, 5) is 12.8. The van der Waals surface area contributed by atoms with Gasteiger partial charge >= 0.3 is 0 Å². The summed E-state index contributed by atoms with van der Waals surface area (Å²) in [7, 11) is 3.27. The van der Waals surface area contributed by atoms with Crippen LogP contribution in [0.2, 0.25) is 0 Å². The third kappa shape index (κ3) is 4.23. The summed E-state index contributed by atoms with van der Waals surface area (Å²) >= 11 is 0. The van der Waals surface area contributed by atoms with Crippen LogP contribution in [0.5, 0.6) is 11.5 Å². The summed E-state index contributed by atoms with van der Waals surface area (Å²) in [6.07, 6.45) is 0.617. The highest BCUT2D eigenvalue weighted by Gasteiger charge is 2.64. The average Bonchev–Trinajstić information content (AvgIpc) is 3.56. The van der Waals surface area contributed by atoms with E-state index in [-0.39, 0.29) is 19.0 Å². The lowest BCUT2D eigenvalue weighted by molar-refractivity contribution is -0.276. The van der Waals surface area contributed by atoms with Crippen molar-refractivity contribution in [1.29, 1.82) is 0 Å². The first-order chi connectivity index (χ1) is 21.0. The second-order valence-electron chi connectivity index (χ2n) is 10.6. The molecule has 0 radical (unpaired) electrons. The number of imidazole rings is 1. The Morgan fingerprint density at radius 1 is 0.907 bits per heavy atom. The topological polar surface area (TPSA) is 136 Å². The Labute approximate surface area is 247 Å². The molecule has 0 saturated carbocycles. The van der Waals surface area contributed by atoms with Crippen molar-refractivity contribution in [3.8, 4) is 11.5 Å². The maximum absolute atomic E-state index is 11.5. The molecule has 2 aromatic heterocycles. The smallest absolute Gasteiger partial charge is 0.200 e. The molecule has 4 atom stereocenters. The van der Waals surface area contributed by atoms with Gasteiger partial charge in [-0.25, -0.2) is 15.0 Å². The molecule has 11 nitrogen and oxygen atoms in total. The second kappa shape index (κ2) is 10.6. The van der Waals surface area contributed by atoms with Crippen molar-refractivity contribution in [2.24, 2.45) is 0 Å². The van der Waals surface area contributed by atoms with Gasteiger partial charge in [-0.15, -0.1) is 0 Å². The first-order valence-corrected chi connectivity index (χ1v) is 13.9. The number of nitrogens with two attached hydrogens (primary N) is 1. The maximum atomic E-state index is 11.5. The van der Waals surface area contributed by atoms with Crippen molar-refractivity contribution in [2.45, 2.75) is 29.6 Å². The van der Waals surface area contributed by atoms with Gasteiger partial charge in [-0.2, -0.15) is 0 Å². The summed E-state index contributed by atoms with van der Waals surface area (Å²) in [5.74, 6) is 1.72. The number of nitrogens with zero attached hydrogens (tertiary/aromatic N) is 4. The van der Waals surface area contributed by atoms with E-state index in [2.05, 4.69) is 15.0 Å². The Bertz CT molecular complexity index is 1680. The molecular formula is C32H31N5O6. The van der Waals surface area contributed by atoms with E-state index < -0.39 is 29.6 Å². The summed E-state index contributed by atoms with van der Waals surface area (Å²) < 4.78 is 32.1. The van der Waals surface area contributed by atoms with Crippen molar-refractivity contribution in [3.05, 3.63) is 108 Å². The Balaban J connectivity index is 1.28. The van der Waals surface area contributed by atoms with Crippen molar-refractivity contribution in [2.75, 3.05) is 33.2 Å². The molecule has 43 heavy (non-hydrogen) atoms. The minimum absolute atomic E-state index is 0.0412. The zero-order chi connectivity index (χ0) is 29.6. The number of fused-ring (bicyclic) bond motifs is 2. The van der Waals surface area contributed by atoms with E-state index in [4.69, 9.17) is 29.4 Å². The SMILES string of the molecule is COc1ccc(C(OC[C@H]2O[C@]3(n4cnc5c(N)ncnc54)CO[C@@H]3[C@@H]2O)(c2ccccc2)c2ccc(OC)cc2)cc1. The molecule has 0 bridgehead atoms. The average molecular weight is 582 g/mol. The van der Waals surface area contributed by atoms with Gasteiger partial charge in [0.2, 0.25) is 0 Å². The van der Waals surface area contributed by atoms with Gasteiger partial charge in [-0.05, 0) is 41.0 Å². The van der Waals surface area contributed by atoms with Crippen LogP contribution in [0.15, 0.2) is 91.5 Å². The van der Waals surface area contributed by atoms with Crippen LogP contribution in [0.4, 0.5) is 5.82 Å². The van der Waals surface area contributed by atoms with Gasteiger partial charge in [0.15, 0.2) is 17.2 Å².